The summed E-state index contributed by atoms with van der Waals surface area (Å²) in [6.07, 6.45) is 49.5. The Kier molecular flexibility index (Phi) is 41.0. The van der Waals surface area contributed by atoms with Gasteiger partial charge in [0.15, 0.2) is 6.10 Å². The number of carbonyl (C=O) groups is 3. The van der Waals surface area contributed by atoms with Crippen LogP contribution in [0.15, 0.2) is 48.6 Å². The van der Waals surface area contributed by atoms with Crippen molar-refractivity contribution in [1.29, 1.82) is 0 Å². The Hall–Kier alpha value is -2.63. The first-order chi connectivity index (χ1) is 26.5. The Balaban J connectivity index is 4.43. The van der Waals surface area contributed by atoms with Crippen molar-refractivity contribution in [3.05, 3.63) is 48.6 Å². The minimum Gasteiger partial charge on any atom is -0.462 e. The molecular weight excluding hydrogens is 673 g/mol. The van der Waals surface area contributed by atoms with E-state index in [9.17, 15) is 14.4 Å². The lowest BCUT2D eigenvalue weighted by molar-refractivity contribution is -0.167. The highest BCUT2D eigenvalue weighted by molar-refractivity contribution is 5.71. The molecule has 0 rings (SSSR count). The molecule has 312 valence electrons. The van der Waals surface area contributed by atoms with Gasteiger partial charge in [-0.3, -0.25) is 14.4 Å². The highest BCUT2D eigenvalue weighted by Gasteiger charge is 2.19. The van der Waals surface area contributed by atoms with Gasteiger partial charge in [-0.05, 0) is 83.5 Å². The number of hydrogen-bond acceptors (Lipinski definition) is 6. The van der Waals surface area contributed by atoms with Gasteiger partial charge in [-0.2, -0.15) is 0 Å². The number of allylic oxidation sites excluding steroid dienone is 8. The lowest BCUT2D eigenvalue weighted by Gasteiger charge is -2.18. The highest BCUT2D eigenvalue weighted by atomic mass is 16.6. The zero-order chi connectivity index (χ0) is 39.4. The topological polar surface area (TPSA) is 78.9 Å². The molecule has 0 aliphatic rings. The third-order valence-electron chi connectivity index (χ3n) is 9.56. The molecule has 0 radical (unpaired) electrons. The summed E-state index contributed by atoms with van der Waals surface area (Å²) in [5.74, 6) is -0.941. The molecule has 0 fully saturated rings. The van der Waals surface area contributed by atoms with E-state index in [1.165, 1.54) is 96.3 Å². The van der Waals surface area contributed by atoms with Crippen molar-refractivity contribution in [2.75, 3.05) is 13.2 Å². The molecule has 6 nitrogen and oxygen atoms in total. The van der Waals surface area contributed by atoms with E-state index in [-0.39, 0.29) is 31.1 Å². The SMILES string of the molecule is CCCCC/C=C\C/C=C\C/C=C\CCCCC(=O)OC[C@@H](COC(=O)CCCCCCCCCCC)OC(=O)CCCCCCC/C=C\CCCCC. The van der Waals surface area contributed by atoms with Crippen LogP contribution in [0.2, 0.25) is 0 Å². The maximum absolute atomic E-state index is 12.7. The quantitative estimate of drug-likeness (QED) is 0.0268. The molecule has 0 amide bonds. The Morgan fingerprint density at radius 3 is 1.13 bits per heavy atom. The zero-order valence-electron chi connectivity index (χ0n) is 35.5. The first-order valence-corrected chi connectivity index (χ1v) is 22.6. The van der Waals surface area contributed by atoms with Crippen LogP contribution >= 0.6 is 0 Å². The molecule has 0 N–H and O–H groups in total. The number of unbranched alkanes of at least 4 members (excludes halogenated alkanes) is 21. The summed E-state index contributed by atoms with van der Waals surface area (Å²) in [7, 11) is 0. The zero-order valence-corrected chi connectivity index (χ0v) is 35.5. The molecular formula is C48H84O6. The molecule has 0 unspecified atom stereocenters. The number of esters is 3. The van der Waals surface area contributed by atoms with E-state index < -0.39 is 6.10 Å². The Labute approximate surface area is 333 Å². The van der Waals surface area contributed by atoms with Crippen LogP contribution in [0, 0.1) is 0 Å². The third-order valence-corrected chi connectivity index (χ3v) is 9.56. The monoisotopic (exact) mass is 757 g/mol. The van der Waals surface area contributed by atoms with E-state index in [4.69, 9.17) is 14.2 Å². The molecule has 0 heterocycles. The predicted octanol–water partition coefficient (Wildman–Crippen LogP) is 14.4. The fourth-order valence-corrected chi connectivity index (χ4v) is 6.09. The first kappa shape index (κ1) is 51.4. The van der Waals surface area contributed by atoms with Crippen molar-refractivity contribution in [2.24, 2.45) is 0 Å². The van der Waals surface area contributed by atoms with Gasteiger partial charge in [0.25, 0.3) is 0 Å². The average molecular weight is 757 g/mol. The molecule has 6 heteroatoms. The van der Waals surface area contributed by atoms with E-state index in [1.54, 1.807) is 0 Å². The fourth-order valence-electron chi connectivity index (χ4n) is 6.09. The second-order valence-corrected chi connectivity index (χ2v) is 15.0. The Bertz CT molecular complexity index is 964. The standard InChI is InChI=1S/C48H84O6/c1-4-7-10-13-16-19-21-23-24-25-27-29-32-35-38-41-47(50)53-44-45(43-52-46(49)40-37-34-31-28-18-15-12-9-6-3)54-48(51)42-39-36-33-30-26-22-20-17-14-11-8-5-2/h16-17,19-20,23-24,27,29,45H,4-15,18,21-22,25-26,28,30-44H2,1-3H3/b19-16-,20-17-,24-23-,29-27-/t45-/m1/s1. The largest absolute Gasteiger partial charge is 0.462 e. The van der Waals surface area contributed by atoms with E-state index in [2.05, 4.69) is 69.4 Å². The van der Waals surface area contributed by atoms with Crippen LogP contribution in [0.25, 0.3) is 0 Å². The van der Waals surface area contributed by atoms with Gasteiger partial charge in [0.2, 0.25) is 0 Å². The smallest absolute Gasteiger partial charge is 0.306 e. The van der Waals surface area contributed by atoms with Gasteiger partial charge in [-0.1, -0.05) is 166 Å². The van der Waals surface area contributed by atoms with E-state index in [0.717, 1.165) is 83.5 Å². The number of ether oxygens (including phenoxy) is 3. The molecule has 0 aromatic rings. The average Bonchev–Trinajstić information content (AvgIpc) is 3.17. The van der Waals surface area contributed by atoms with Gasteiger partial charge >= 0.3 is 17.9 Å². The summed E-state index contributed by atoms with van der Waals surface area (Å²) in [6, 6.07) is 0. The van der Waals surface area contributed by atoms with Crippen molar-refractivity contribution in [3.63, 3.8) is 0 Å². The number of rotatable bonds is 40. The van der Waals surface area contributed by atoms with Gasteiger partial charge < -0.3 is 14.2 Å². The molecule has 0 aliphatic carbocycles. The summed E-state index contributed by atoms with van der Waals surface area (Å²) in [5.41, 5.74) is 0. The minimum absolute atomic E-state index is 0.0876. The van der Waals surface area contributed by atoms with Crippen LogP contribution in [-0.2, 0) is 28.6 Å². The predicted molar refractivity (Wildman–Crippen MR) is 229 cm³/mol. The molecule has 0 spiro atoms. The van der Waals surface area contributed by atoms with Gasteiger partial charge in [-0.15, -0.1) is 0 Å². The molecule has 0 saturated carbocycles. The van der Waals surface area contributed by atoms with Crippen LogP contribution in [0.5, 0.6) is 0 Å². The van der Waals surface area contributed by atoms with Crippen molar-refractivity contribution in [1.82, 2.24) is 0 Å². The summed E-state index contributed by atoms with van der Waals surface area (Å²) < 4.78 is 16.6. The summed E-state index contributed by atoms with van der Waals surface area (Å²) in [6.45, 7) is 6.51. The molecule has 1 atom stereocenters. The number of carbonyl (C=O) groups excluding carboxylic acids is 3. The number of hydrogen-bond donors (Lipinski definition) is 0. The maximum atomic E-state index is 12.7. The Morgan fingerprint density at radius 2 is 0.667 bits per heavy atom. The van der Waals surface area contributed by atoms with Crippen LogP contribution < -0.4 is 0 Å². The van der Waals surface area contributed by atoms with Crippen LogP contribution in [0.3, 0.4) is 0 Å². The first-order valence-electron chi connectivity index (χ1n) is 22.6. The summed E-state index contributed by atoms with van der Waals surface area (Å²) >= 11 is 0. The molecule has 0 aromatic carbocycles. The van der Waals surface area contributed by atoms with Gasteiger partial charge in [0, 0.05) is 19.3 Å². The molecule has 0 bridgehead atoms. The van der Waals surface area contributed by atoms with E-state index in [1.807, 2.05) is 0 Å². The fraction of sp³-hybridized carbons (Fsp3) is 0.771. The molecule has 0 saturated heterocycles. The van der Waals surface area contributed by atoms with Crippen LogP contribution in [0.4, 0.5) is 0 Å². The van der Waals surface area contributed by atoms with Crippen LogP contribution in [-0.4, -0.2) is 37.2 Å². The second-order valence-electron chi connectivity index (χ2n) is 15.0. The van der Waals surface area contributed by atoms with Gasteiger partial charge in [0.05, 0.1) is 0 Å². The minimum atomic E-state index is -0.787. The highest BCUT2D eigenvalue weighted by Crippen LogP contribution is 2.13. The van der Waals surface area contributed by atoms with Gasteiger partial charge in [-0.25, -0.2) is 0 Å². The van der Waals surface area contributed by atoms with Gasteiger partial charge in [0.1, 0.15) is 13.2 Å². The lowest BCUT2D eigenvalue weighted by atomic mass is 10.1. The second kappa shape index (κ2) is 43.1. The molecule has 54 heavy (non-hydrogen) atoms. The van der Waals surface area contributed by atoms with Crippen molar-refractivity contribution in [3.8, 4) is 0 Å². The van der Waals surface area contributed by atoms with Crippen molar-refractivity contribution < 1.29 is 28.6 Å². The third kappa shape index (κ3) is 40.6. The van der Waals surface area contributed by atoms with E-state index in [0.29, 0.717) is 19.3 Å². The van der Waals surface area contributed by atoms with E-state index >= 15 is 0 Å². The summed E-state index contributed by atoms with van der Waals surface area (Å²) in [5, 5.41) is 0. The molecule has 0 aliphatic heterocycles. The Morgan fingerprint density at radius 1 is 0.370 bits per heavy atom. The van der Waals surface area contributed by atoms with Crippen LogP contribution in [0.1, 0.15) is 220 Å². The maximum Gasteiger partial charge on any atom is 0.306 e. The lowest BCUT2D eigenvalue weighted by Crippen LogP contribution is -2.30. The summed E-state index contributed by atoms with van der Waals surface area (Å²) in [4.78, 5) is 37.6. The van der Waals surface area contributed by atoms with Crippen molar-refractivity contribution in [2.45, 2.75) is 226 Å². The normalized spacial score (nSPS) is 12.4. The molecule has 0 aromatic heterocycles. The van der Waals surface area contributed by atoms with Crippen molar-refractivity contribution >= 4 is 17.9 Å².